The monoisotopic (exact) mass is 352 g/mol. The molecule has 26 heavy (non-hydrogen) atoms. The fraction of sp³-hybridized carbons (Fsp3) is 0.526. The van der Waals surface area contributed by atoms with Crippen molar-refractivity contribution in [1.29, 1.82) is 5.26 Å². The molecule has 5 rings (SSSR count). The predicted octanol–water partition coefficient (Wildman–Crippen LogP) is 1.84. The molecule has 0 spiro atoms. The van der Waals surface area contributed by atoms with Crippen molar-refractivity contribution in [1.82, 2.24) is 0 Å². The SMILES string of the molecule is CC12CCC(C)(O1)[C@H]1C(=O)N(c3ccc(C#N)c4c3NCCN4)C(=O)[C@H]12. The Kier molecular flexibility index (Phi) is 2.87. The number of rotatable bonds is 1. The second kappa shape index (κ2) is 4.77. The first kappa shape index (κ1) is 15.6. The molecule has 0 aliphatic carbocycles. The molecule has 7 nitrogen and oxygen atoms in total. The molecule has 3 fully saturated rings. The predicted molar refractivity (Wildman–Crippen MR) is 94.7 cm³/mol. The maximum atomic E-state index is 13.3. The normalized spacial score (nSPS) is 37.0. The van der Waals surface area contributed by atoms with E-state index in [1.165, 1.54) is 4.90 Å². The van der Waals surface area contributed by atoms with Crippen molar-refractivity contribution >= 4 is 28.9 Å². The Hall–Kier alpha value is -2.59. The number of amides is 2. The second-order valence-corrected chi connectivity index (χ2v) is 8.04. The van der Waals surface area contributed by atoms with Crippen molar-refractivity contribution in [3.05, 3.63) is 17.7 Å². The summed E-state index contributed by atoms with van der Waals surface area (Å²) in [5.41, 5.74) is 1.20. The van der Waals surface area contributed by atoms with Gasteiger partial charge in [0, 0.05) is 13.1 Å². The van der Waals surface area contributed by atoms with E-state index < -0.39 is 23.0 Å². The lowest BCUT2D eigenvalue weighted by molar-refractivity contribution is -0.129. The minimum Gasteiger partial charge on any atom is -0.380 e. The molecule has 1 aromatic carbocycles. The Balaban J connectivity index is 1.64. The van der Waals surface area contributed by atoms with E-state index in [4.69, 9.17) is 4.74 Å². The molecule has 4 aliphatic rings. The smallest absolute Gasteiger partial charge is 0.240 e. The third-order valence-electron chi connectivity index (χ3n) is 6.48. The summed E-state index contributed by atoms with van der Waals surface area (Å²) in [5, 5.41) is 15.8. The van der Waals surface area contributed by atoms with Crippen LogP contribution in [0.15, 0.2) is 12.1 Å². The van der Waals surface area contributed by atoms with Gasteiger partial charge in [0.1, 0.15) is 6.07 Å². The summed E-state index contributed by atoms with van der Waals surface area (Å²) in [6.07, 6.45) is 1.59. The number of benzene rings is 1. The van der Waals surface area contributed by atoms with Gasteiger partial charge in [0.05, 0.1) is 45.7 Å². The number of nitrogens with one attached hydrogen (secondary N) is 2. The number of fused-ring (bicyclic) bond motifs is 6. The molecule has 3 saturated heterocycles. The van der Waals surface area contributed by atoms with Gasteiger partial charge in [0.25, 0.3) is 0 Å². The molecule has 134 valence electrons. The molecule has 4 atom stereocenters. The molecule has 2 amide bonds. The Morgan fingerprint density at radius 3 is 2.23 bits per heavy atom. The fourth-order valence-corrected chi connectivity index (χ4v) is 5.31. The molecular formula is C19H20N4O3. The highest BCUT2D eigenvalue weighted by Gasteiger charge is 2.72. The number of hydrogen-bond donors (Lipinski definition) is 2. The highest BCUT2D eigenvalue weighted by atomic mass is 16.5. The third kappa shape index (κ3) is 1.70. The number of imide groups is 1. The summed E-state index contributed by atoms with van der Waals surface area (Å²) in [6, 6.07) is 5.52. The maximum Gasteiger partial charge on any atom is 0.240 e. The topological polar surface area (TPSA) is 94.5 Å². The van der Waals surface area contributed by atoms with E-state index in [1.807, 2.05) is 13.8 Å². The van der Waals surface area contributed by atoms with Crippen LogP contribution in [-0.2, 0) is 14.3 Å². The van der Waals surface area contributed by atoms with Crippen LogP contribution in [-0.4, -0.2) is 36.1 Å². The van der Waals surface area contributed by atoms with Crippen LogP contribution in [0.3, 0.4) is 0 Å². The lowest BCUT2D eigenvalue weighted by atomic mass is 9.69. The van der Waals surface area contributed by atoms with Crippen LogP contribution in [0, 0.1) is 23.2 Å². The number of nitriles is 1. The highest BCUT2D eigenvalue weighted by molar-refractivity contribution is 6.25. The summed E-state index contributed by atoms with van der Waals surface area (Å²) in [6.45, 7) is 5.25. The first-order valence-corrected chi connectivity index (χ1v) is 9.02. The van der Waals surface area contributed by atoms with Gasteiger partial charge in [-0.25, -0.2) is 4.90 Å². The lowest BCUT2D eigenvalue weighted by Gasteiger charge is -2.29. The molecule has 4 aliphatic heterocycles. The van der Waals surface area contributed by atoms with E-state index in [-0.39, 0.29) is 11.8 Å². The molecule has 7 heteroatoms. The minimum atomic E-state index is -0.570. The average Bonchev–Trinajstić information content (AvgIpc) is 3.18. The van der Waals surface area contributed by atoms with Gasteiger partial charge >= 0.3 is 0 Å². The number of carbonyl (C=O) groups is 2. The fourth-order valence-electron chi connectivity index (χ4n) is 5.31. The Labute approximate surface area is 151 Å². The van der Waals surface area contributed by atoms with Gasteiger partial charge in [-0.3, -0.25) is 9.59 Å². The van der Waals surface area contributed by atoms with E-state index in [2.05, 4.69) is 16.7 Å². The van der Waals surface area contributed by atoms with Crippen LogP contribution >= 0.6 is 0 Å². The number of ether oxygens (including phenoxy) is 1. The largest absolute Gasteiger partial charge is 0.380 e. The van der Waals surface area contributed by atoms with Crippen molar-refractivity contribution < 1.29 is 14.3 Å². The van der Waals surface area contributed by atoms with Crippen molar-refractivity contribution in [2.45, 2.75) is 37.9 Å². The number of carbonyl (C=O) groups excluding carboxylic acids is 2. The van der Waals surface area contributed by atoms with E-state index in [1.54, 1.807) is 12.1 Å². The number of anilines is 3. The van der Waals surface area contributed by atoms with Crippen molar-refractivity contribution in [2.75, 3.05) is 28.6 Å². The molecule has 4 heterocycles. The summed E-state index contributed by atoms with van der Waals surface area (Å²) in [4.78, 5) is 27.9. The summed E-state index contributed by atoms with van der Waals surface area (Å²) < 4.78 is 6.15. The molecular weight excluding hydrogens is 332 g/mol. The van der Waals surface area contributed by atoms with Gasteiger partial charge in [0.2, 0.25) is 11.8 Å². The zero-order chi connectivity index (χ0) is 18.3. The summed E-state index contributed by atoms with van der Waals surface area (Å²) in [7, 11) is 0. The minimum absolute atomic E-state index is 0.190. The standard InChI is InChI=1S/C19H20N4O3/c1-18-5-6-19(2,26-18)13-12(18)16(24)23(17(13)25)11-4-3-10(9-20)14-15(11)22-8-7-21-14/h3-4,12-13,21-22H,5-8H2,1-2H3/t12-,13+,18?,19?. The summed E-state index contributed by atoms with van der Waals surface area (Å²) >= 11 is 0. The Morgan fingerprint density at radius 2 is 1.65 bits per heavy atom. The van der Waals surface area contributed by atoms with Crippen LogP contribution in [0.5, 0.6) is 0 Å². The highest BCUT2D eigenvalue weighted by Crippen LogP contribution is 2.61. The molecule has 0 radical (unpaired) electrons. The van der Waals surface area contributed by atoms with E-state index >= 15 is 0 Å². The molecule has 2 N–H and O–H groups in total. The van der Waals surface area contributed by atoms with Crippen LogP contribution in [0.4, 0.5) is 17.1 Å². The van der Waals surface area contributed by atoms with Gasteiger partial charge in [-0.05, 0) is 38.8 Å². The maximum absolute atomic E-state index is 13.3. The third-order valence-corrected chi connectivity index (χ3v) is 6.48. The van der Waals surface area contributed by atoms with Gasteiger partial charge < -0.3 is 15.4 Å². The molecule has 0 saturated carbocycles. The van der Waals surface area contributed by atoms with Crippen LogP contribution in [0.2, 0.25) is 0 Å². The molecule has 2 bridgehead atoms. The van der Waals surface area contributed by atoms with Crippen molar-refractivity contribution in [3.8, 4) is 6.07 Å². The molecule has 0 aromatic heterocycles. The van der Waals surface area contributed by atoms with Crippen molar-refractivity contribution in [2.24, 2.45) is 11.8 Å². The van der Waals surface area contributed by atoms with Gasteiger partial charge in [-0.2, -0.15) is 5.26 Å². The summed E-state index contributed by atoms with van der Waals surface area (Å²) in [5.74, 6) is -1.25. The van der Waals surface area contributed by atoms with Gasteiger partial charge in [-0.15, -0.1) is 0 Å². The average molecular weight is 352 g/mol. The zero-order valence-corrected chi connectivity index (χ0v) is 14.8. The number of nitrogens with zero attached hydrogens (tertiary/aromatic N) is 2. The number of hydrogen-bond acceptors (Lipinski definition) is 6. The second-order valence-electron chi connectivity index (χ2n) is 8.04. The van der Waals surface area contributed by atoms with E-state index in [9.17, 15) is 14.9 Å². The zero-order valence-electron chi connectivity index (χ0n) is 14.8. The Bertz CT molecular complexity index is 873. The van der Waals surface area contributed by atoms with E-state index in [0.29, 0.717) is 35.7 Å². The lowest BCUT2D eigenvalue weighted by Crippen LogP contribution is -2.40. The first-order chi connectivity index (χ1) is 12.4. The van der Waals surface area contributed by atoms with E-state index in [0.717, 1.165) is 12.8 Å². The Morgan fingerprint density at radius 1 is 1.08 bits per heavy atom. The first-order valence-electron chi connectivity index (χ1n) is 9.02. The van der Waals surface area contributed by atoms with Gasteiger partial charge in [-0.1, -0.05) is 0 Å². The quantitative estimate of drug-likeness (QED) is 0.749. The van der Waals surface area contributed by atoms with Crippen LogP contribution in [0.1, 0.15) is 32.3 Å². The van der Waals surface area contributed by atoms with Crippen LogP contribution < -0.4 is 15.5 Å². The van der Waals surface area contributed by atoms with Gasteiger partial charge in [0.15, 0.2) is 0 Å². The van der Waals surface area contributed by atoms with Crippen molar-refractivity contribution in [3.63, 3.8) is 0 Å². The molecule has 2 unspecified atom stereocenters. The molecule has 1 aromatic rings. The van der Waals surface area contributed by atoms with Crippen LogP contribution in [0.25, 0.3) is 0 Å².